The van der Waals surface area contributed by atoms with Crippen LogP contribution in [0.4, 0.5) is 0 Å². The summed E-state index contributed by atoms with van der Waals surface area (Å²) >= 11 is 0. The van der Waals surface area contributed by atoms with Gasteiger partial charge in [-0.1, -0.05) is 51.7 Å². The van der Waals surface area contributed by atoms with E-state index in [2.05, 4.69) is 34.6 Å². The maximum Gasteiger partial charge on any atom is -0.0260 e. The Bertz CT molecular complexity index is 212. The van der Waals surface area contributed by atoms with Crippen LogP contribution in [-0.4, -0.2) is 0 Å². The Morgan fingerprint density at radius 2 is 1.80 bits per heavy atom. The summed E-state index contributed by atoms with van der Waals surface area (Å²) in [5.41, 5.74) is 3.43. The molecule has 0 atom stereocenters. The molecule has 0 N–H and O–H groups in total. The van der Waals surface area contributed by atoms with Gasteiger partial charge in [-0.15, -0.1) is 0 Å². The lowest BCUT2D eigenvalue weighted by molar-refractivity contribution is 0.355. The molecule has 0 amide bonds. The first-order valence-corrected chi connectivity index (χ1v) is 6.69. The van der Waals surface area contributed by atoms with Gasteiger partial charge in [0.25, 0.3) is 0 Å². The van der Waals surface area contributed by atoms with Gasteiger partial charge in [-0.2, -0.15) is 0 Å². The molecule has 0 heterocycles. The monoisotopic (exact) mass is 208 g/mol. The highest BCUT2D eigenvalue weighted by molar-refractivity contribution is 5.21. The molecule has 0 saturated heterocycles. The quantitative estimate of drug-likeness (QED) is 0.545. The van der Waals surface area contributed by atoms with Crippen LogP contribution in [0.15, 0.2) is 11.1 Å². The molecule has 0 aromatic carbocycles. The molecule has 0 spiro atoms. The molecule has 0 nitrogen and oxygen atoms in total. The third kappa shape index (κ3) is 4.01. The van der Waals surface area contributed by atoms with Gasteiger partial charge in [-0.3, -0.25) is 0 Å². The van der Waals surface area contributed by atoms with Gasteiger partial charge in [0.05, 0.1) is 0 Å². The Balaban J connectivity index is 2.18. The Labute approximate surface area is 96.2 Å². The molecule has 1 aliphatic rings. The highest BCUT2D eigenvalue weighted by Gasteiger charge is 2.24. The molecule has 1 aliphatic carbocycles. The average Bonchev–Trinajstić information content (AvgIpc) is 2.07. The van der Waals surface area contributed by atoms with E-state index in [9.17, 15) is 0 Å². The van der Waals surface area contributed by atoms with Crippen molar-refractivity contribution in [3.05, 3.63) is 11.1 Å². The van der Waals surface area contributed by atoms with Crippen LogP contribution in [-0.2, 0) is 0 Å². The zero-order valence-corrected chi connectivity index (χ0v) is 11.3. The topological polar surface area (TPSA) is 0 Å². The molecule has 0 aromatic heterocycles. The molecule has 1 rings (SSSR count). The van der Waals surface area contributed by atoms with Gasteiger partial charge in [0.15, 0.2) is 0 Å². The summed E-state index contributed by atoms with van der Waals surface area (Å²) in [6.07, 6.45) is 7.13. The molecule has 0 aliphatic heterocycles. The van der Waals surface area contributed by atoms with E-state index in [4.69, 9.17) is 0 Å². The normalized spacial score (nSPS) is 21.0. The maximum absolute atomic E-state index is 2.33. The Morgan fingerprint density at radius 3 is 2.27 bits per heavy atom. The summed E-state index contributed by atoms with van der Waals surface area (Å²) in [6, 6.07) is 0. The zero-order valence-electron chi connectivity index (χ0n) is 11.3. The standard InChI is InChI=1S/C15H28/c1-11(2)7-6-8-14-9-15(10-14)13(5)12(3)4/h11-12,14H,6-10H2,1-5H3. The average molecular weight is 208 g/mol. The lowest BCUT2D eigenvalue weighted by Crippen LogP contribution is -2.17. The van der Waals surface area contributed by atoms with Crippen LogP contribution in [0.25, 0.3) is 0 Å². The van der Waals surface area contributed by atoms with Gasteiger partial charge < -0.3 is 0 Å². The van der Waals surface area contributed by atoms with Crippen molar-refractivity contribution in [1.29, 1.82) is 0 Å². The van der Waals surface area contributed by atoms with Crippen molar-refractivity contribution in [3.8, 4) is 0 Å². The summed E-state index contributed by atoms with van der Waals surface area (Å²) in [6.45, 7) is 11.6. The second-order valence-electron chi connectivity index (χ2n) is 6.04. The Morgan fingerprint density at radius 1 is 1.20 bits per heavy atom. The first kappa shape index (κ1) is 12.8. The summed E-state index contributed by atoms with van der Waals surface area (Å²) < 4.78 is 0. The fraction of sp³-hybridized carbons (Fsp3) is 0.867. The molecule has 0 bridgehead atoms. The van der Waals surface area contributed by atoms with Crippen LogP contribution in [0.5, 0.6) is 0 Å². The van der Waals surface area contributed by atoms with Gasteiger partial charge in [0.2, 0.25) is 0 Å². The van der Waals surface area contributed by atoms with Crippen LogP contribution >= 0.6 is 0 Å². The van der Waals surface area contributed by atoms with Crippen LogP contribution in [0, 0.1) is 17.8 Å². The third-order valence-electron chi connectivity index (χ3n) is 3.89. The molecule has 88 valence electrons. The van der Waals surface area contributed by atoms with Crippen molar-refractivity contribution < 1.29 is 0 Å². The first-order valence-electron chi connectivity index (χ1n) is 6.69. The summed E-state index contributed by atoms with van der Waals surface area (Å²) in [4.78, 5) is 0. The predicted molar refractivity (Wildman–Crippen MR) is 69.0 cm³/mol. The lowest BCUT2D eigenvalue weighted by Gasteiger charge is -2.32. The van der Waals surface area contributed by atoms with Crippen LogP contribution in [0.2, 0.25) is 0 Å². The van der Waals surface area contributed by atoms with Gasteiger partial charge in [0.1, 0.15) is 0 Å². The maximum atomic E-state index is 2.33. The molecule has 0 radical (unpaired) electrons. The number of hydrogen-bond acceptors (Lipinski definition) is 0. The second kappa shape index (κ2) is 5.72. The van der Waals surface area contributed by atoms with Crippen molar-refractivity contribution in [2.75, 3.05) is 0 Å². The van der Waals surface area contributed by atoms with Crippen molar-refractivity contribution in [3.63, 3.8) is 0 Å². The van der Waals surface area contributed by atoms with Crippen molar-refractivity contribution in [2.24, 2.45) is 17.8 Å². The van der Waals surface area contributed by atoms with E-state index < -0.39 is 0 Å². The minimum atomic E-state index is 0.761. The van der Waals surface area contributed by atoms with Crippen LogP contribution in [0.1, 0.15) is 66.7 Å². The van der Waals surface area contributed by atoms with Crippen LogP contribution < -0.4 is 0 Å². The van der Waals surface area contributed by atoms with Gasteiger partial charge in [-0.05, 0) is 43.9 Å². The molecule has 0 unspecified atom stereocenters. The first-order chi connectivity index (χ1) is 7.00. The molecule has 15 heavy (non-hydrogen) atoms. The molecule has 1 saturated carbocycles. The van der Waals surface area contributed by atoms with E-state index in [1.54, 1.807) is 11.1 Å². The molecule has 1 fully saturated rings. The number of rotatable bonds is 5. The Hall–Kier alpha value is -0.260. The molecular weight excluding hydrogens is 180 g/mol. The fourth-order valence-electron chi connectivity index (χ4n) is 2.39. The number of hydrogen-bond donors (Lipinski definition) is 0. The lowest BCUT2D eigenvalue weighted by atomic mass is 9.73. The molecule has 0 heteroatoms. The highest BCUT2D eigenvalue weighted by atomic mass is 14.3. The van der Waals surface area contributed by atoms with Crippen molar-refractivity contribution >= 4 is 0 Å². The van der Waals surface area contributed by atoms with Gasteiger partial charge in [-0.25, -0.2) is 0 Å². The Kier molecular flexibility index (Phi) is 4.89. The SMILES string of the molecule is CC(=C1CC(CCCC(C)C)C1)C(C)C. The van der Waals surface area contributed by atoms with E-state index >= 15 is 0 Å². The zero-order chi connectivity index (χ0) is 11.4. The minimum absolute atomic E-state index is 0.761. The van der Waals surface area contributed by atoms with E-state index in [1.807, 2.05) is 0 Å². The van der Waals surface area contributed by atoms with Gasteiger partial charge >= 0.3 is 0 Å². The smallest absolute Gasteiger partial charge is 0.0260 e. The van der Waals surface area contributed by atoms with E-state index in [1.165, 1.54) is 32.1 Å². The largest absolute Gasteiger partial charge is 0.0715 e. The predicted octanol–water partition coefficient (Wildman–Crippen LogP) is 5.20. The summed E-state index contributed by atoms with van der Waals surface area (Å²) in [5, 5.41) is 0. The summed E-state index contributed by atoms with van der Waals surface area (Å²) in [7, 11) is 0. The number of allylic oxidation sites excluding steroid dienone is 2. The van der Waals surface area contributed by atoms with Crippen molar-refractivity contribution in [2.45, 2.75) is 66.7 Å². The third-order valence-corrected chi connectivity index (χ3v) is 3.89. The summed E-state index contributed by atoms with van der Waals surface area (Å²) in [5.74, 6) is 2.67. The van der Waals surface area contributed by atoms with E-state index in [0.717, 1.165) is 17.8 Å². The second-order valence-corrected chi connectivity index (χ2v) is 6.04. The minimum Gasteiger partial charge on any atom is -0.0715 e. The van der Waals surface area contributed by atoms with E-state index in [0.29, 0.717) is 0 Å². The fourth-order valence-corrected chi connectivity index (χ4v) is 2.39. The van der Waals surface area contributed by atoms with E-state index in [-0.39, 0.29) is 0 Å². The molecule has 0 aromatic rings. The van der Waals surface area contributed by atoms with Crippen molar-refractivity contribution in [1.82, 2.24) is 0 Å². The van der Waals surface area contributed by atoms with Gasteiger partial charge in [0, 0.05) is 0 Å². The molecular formula is C15H28. The highest BCUT2D eigenvalue weighted by Crippen LogP contribution is 2.40. The van der Waals surface area contributed by atoms with Crippen LogP contribution in [0.3, 0.4) is 0 Å².